The predicted octanol–water partition coefficient (Wildman–Crippen LogP) is 0.473. The molecule has 6 nitrogen and oxygen atoms in total. The van der Waals surface area contributed by atoms with E-state index in [0.29, 0.717) is 19.5 Å². The lowest BCUT2D eigenvalue weighted by Crippen LogP contribution is -2.45. The van der Waals surface area contributed by atoms with Gasteiger partial charge >= 0.3 is 0 Å². The van der Waals surface area contributed by atoms with Gasteiger partial charge in [-0.1, -0.05) is 30.3 Å². The van der Waals surface area contributed by atoms with Crippen molar-refractivity contribution in [2.24, 2.45) is 5.73 Å². The molecule has 1 heterocycles. The first-order valence-electron chi connectivity index (χ1n) is 7.62. The molecule has 9 heteroatoms. The molecule has 1 saturated heterocycles. The van der Waals surface area contributed by atoms with Gasteiger partial charge in [-0.3, -0.25) is 4.79 Å². The fourth-order valence-electron chi connectivity index (χ4n) is 2.35. The van der Waals surface area contributed by atoms with E-state index in [-0.39, 0.29) is 30.6 Å². The summed E-state index contributed by atoms with van der Waals surface area (Å²) in [5, 5.41) is 2.62. The fourth-order valence-corrected chi connectivity index (χ4v) is 4.84. The highest BCUT2D eigenvalue weighted by Gasteiger charge is 2.24. The number of carbonyl (C=O) groups is 1. The quantitative estimate of drug-likeness (QED) is 0.702. The van der Waals surface area contributed by atoms with Gasteiger partial charge in [-0.15, -0.1) is 12.4 Å². The first kappa shape index (κ1) is 21.2. The van der Waals surface area contributed by atoms with Crippen LogP contribution in [0, 0.1) is 0 Å². The number of rotatable bonds is 7. The highest BCUT2D eigenvalue weighted by atomic mass is 35.5. The van der Waals surface area contributed by atoms with E-state index in [1.165, 1.54) is 4.31 Å². The van der Waals surface area contributed by atoms with Crippen LogP contribution in [0.25, 0.3) is 0 Å². The van der Waals surface area contributed by atoms with Crippen LogP contribution in [0.2, 0.25) is 0 Å². The smallest absolute Gasteiger partial charge is 0.237 e. The first-order valence-corrected chi connectivity index (χ1v) is 10.4. The second-order valence-electron chi connectivity index (χ2n) is 5.41. The number of nitrogens with two attached hydrogens (primary N) is 1. The van der Waals surface area contributed by atoms with Gasteiger partial charge in [0.25, 0.3) is 0 Å². The summed E-state index contributed by atoms with van der Waals surface area (Å²) in [6.45, 7) is 1.19. The Balaban J connectivity index is 0.00000288. The van der Waals surface area contributed by atoms with Gasteiger partial charge in [0, 0.05) is 31.1 Å². The first-order chi connectivity index (χ1) is 11.0. The number of sulfonamides is 1. The Bertz CT molecular complexity index is 608. The fraction of sp³-hybridized carbons (Fsp3) is 0.533. The van der Waals surface area contributed by atoms with Crippen molar-refractivity contribution < 1.29 is 13.2 Å². The summed E-state index contributed by atoms with van der Waals surface area (Å²) in [6, 6.07) is 8.83. The molecule has 1 aromatic rings. The normalized spacial score (nSPS) is 16.9. The summed E-state index contributed by atoms with van der Waals surface area (Å²) < 4.78 is 25.8. The molecule has 0 saturated carbocycles. The molecule has 0 spiro atoms. The molecule has 1 atom stereocenters. The van der Waals surface area contributed by atoms with Crippen LogP contribution in [0.3, 0.4) is 0 Å². The van der Waals surface area contributed by atoms with Crippen LogP contribution in [-0.4, -0.2) is 61.6 Å². The van der Waals surface area contributed by atoms with Crippen molar-refractivity contribution in [2.75, 3.05) is 36.9 Å². The van der Waals surface area contributed by atoms with Crippen LogP contribution in [0.4, 0.5) is 0 Å². The van der Waals surface area contributed by atoms with Crippen molar-refractivity contribution in [3.05, 3.63) is 35.9 Å². The van der Waals surface area contributed by atoms with Crippen LogP contribution in [0.1, 0.15) is 5.56 Å². The SMILES string of the molecule is Cl.N[C@@H](Cc1ccccc1)C(=O)NCCS(=O)(=O)N1CCSCC1. The molecule has 24 heavy (non-hydrogen) atoms. The monoisotopic (exact) mass is 393 g/mol. The van der Waals surface area contributed by atoms with E-state index in [1.807, 2.05) is 30.3 Å². The second kappa shape index (κ2) is 10.2. The Morgan fingerprint density at radius 3 is 2.50 bits per heavy atom. The van der Waals surface area contributed by atoms with E-state index in [2.05, 4.69) is 5.32 Å². The lowest BCUT2D eigenvalue weighted by Gasteiger charge is -2.25. The maximum absolute atomic E-state index is 12.2. The third-order valence-corrected chi connectivity index (χ3v) is 6.47. The minimum atomic E-state index is -3.30. The van der Waals surface area contributed by atoms with Crippen molar-refractivity contribution >= 4 is 40.1 Å². The Kier molecular flexibility index (Phi) is 9.07. The summed E-state index contributed by atoms with van der Waals surface area (Å²) in [5.74, 6) is 1.25. The number of benzene rings is 1. The lowest BCUT2D eigenvalue weighted by atomic mass is 10.1. The molecule has 1 aliphatic rings. The predicted molar refractivity (Wildman–Crippen MR) is 101 cm³/mol. The lowest BCUT2D eigenvalue weighted by molar-refractivity contribution is -0.122. The van der Waals surface area contributed by atoms with Crippen molar-refractivity contribution in [2.45, 2.75) is 12.5 Å². The largest absolute Gasteiger partial charge is 0.354 e. The second-order valence-corrected chi connectivity index (χ2v) is 8.73. The zero-order chi connectivity index (χ0) is 16.7. The zero-order valence-corrected chi connectivity index (χ0v) is 15.8. The van der Waals surface area contributed by atoms with Gasteiger partial charge in [-0.05, 0) is 12.0 Å². The molecule has 0 unspecified atom stereocenters. The molecular formula is C15H24ClN3O3S2. The molecule has 0 bridgehead atoms. The number of hydrogen-bond acceptors (Lipinski definition) is 5. The summed E-state index contributed by atoms with van der Waals surface area (Å²) in [6.07, 6.45) is 0.433. The van der Waals surface area contributed by atoms with Gasteiger partial charge in [-0.2, -0.15) is 11.8 Å². The number of thioether (sulfide) groups is 1. The van der Waals surface area contributed by atoms with Crippen LogP contribution in [0.15, 0.2) is 30.3 Å². The van der Waals surface area contributed by atoms with Gasteiger partial charge in [0.15, 0.2) is 0 Å². The average molecular weight is 394 g/mol. The van der Waals surface area contributed by atoms with Crippen molar-refractivity contribution in [1.29, 1.82) is 0 Å². The maximum atomic E-state index is 12.2. The Labute approximate surface area is 154 Å². The highest BCUT2D eigenvalue weighted by Crippen LogP contribution is 2.13. The van der Waals surface area contributed by atoms with Gasteiger partial charge in [0.2, 0.25) is 15.9 Å². The van der Waals surface area contributed by atoms with E-state index in [9.17, 15) is 13.2 Å². The summed E-state index contributed by atoms with van der Waals surface area (Å²) in [7, 11) is -3.30. The van der Waals surface area contributed by atoms with E-state index < -0.39 is 16.1 Å². The minimum Gasteiger partial charge on any atom is -0.354 e. The third-order valence-electron chi connectivity index (χ3n) is 3.66. The molecule has 2 rings (SSSR count). The molecule has 1 fully saturated rings. The maximum Gasteiger partial charge on any atom is 0.237 e. The molecule has 0 radical (unpaired) electrons. The Morgan fingerprint density at radius 1 is 1.25 bits per heavy atom. The summed E-state index contributed by atoms with van der Waals surface area (Å²) >= 11 is 1.76. The molecule has 1 aliphatic heterocycles. The van der Waals surface area contributed by atoms with Gasteiger partial charge in [0.1, 0.15) is 0 Å². The van der Waals surface area contributed by atoms with E-state index in [1.54, 1.807) is 11.8 Å². The molecule has 3 N–H and O–H groups in total. The van der Waals surface area contributed by atoms with Gasteiger partial charge < -0.3 is 11.1 Å². The van der Waals surface area contributed by atoms with Crippen molar-refractivity contribution in [3.8, 4) is 0 Å². The summed E-state index contributed by atoms with van der Waals surface area (Å²) in [4.78, 5) is 12.0. The van der Waals surface area contributed by atoms with Gasteiger partial charge in [0.05, 0.1) is 11.8 Å². The zero-order valence-electron chi connectivity index (χ0n) is 13.4. The standard InChI is InChI=1S/C15H23N3O3S2.ClH/c16-14(12-13-4-2-1-3-5-13)15(19)17-6-11-23(20,21)18-7-9-22-10-8-18;/h1-5,14H,6-12,16H2,(H,17,19);1H/t14-;/m0./s1. The molecule has 1 aromatic carbocycles. The van der Waals surface area contributed by atoms with Crippen molar-refractivity contribution in [1.82, 2.24) is 9.62 Å². The number of nitrogens with zero attached hydrogens (tertiary/aromatic N) is 1. The molecular weight excluding hydrogens is 370 g/mol. The molecule has 1 amide bonds. The van der Waals surface area contributed by atoms with Crippen LogP contribution in [0.5, 0.6) is 0 Å². The minimum absolute atomic E-state index is 0. The number of amides is 1. The topological polar surface area (TPSA) is 92.5 Å². The Hall–Kier alpha value is -0.800. The van der Waals surface area contributed by atoms with Crippen LogP contribution < -0.4 is 11.1 Å². The molecule has 136 valence electrons. The van der Waals surface area contributed by atoms with Crippen LogP contribution in [-0.2, 0) is 21.2 Å². The van der Waals surface area contributed by atoms with Crippen molar-refractivity contribution in [3.63, 3.8) is 0 Å². The van der Waals surface area contributed by atoms with Crippen LogP contribution >= 0.6 is 24.2 Å². The highest BCUT2D eigenvalue weighted by molar-refractivity contribution is 7.99. The number of halogens is 1. The summed E-state index contributed by atoms with van der Waals surface area (Å²) in [5.41, 5.74) is 6.85. The Morgan fingerprint density at radius 2 is 1.88 bits per heavy atom. The third kappa shape index (κ3) is 6.60. The number of carbonyl (C=O) groups excluding carboxylic acids is 1. The van der Waals surface area contributed by atoms with E-state index in [4.69, 9.17) is 5.73 Å². The van der Waals surface area contributed by atoms with E-state index in [0.717, 1.165) is 17.1 Å². The average Bonchev–Trinajstić information content (AvgIpc) is 2.56. The molecule has 0 aromatic heterocycles. The number of hydrogen-bond donors (Lipinski definition) is 2. The number of nitrogens with one attached hydrogen (secondary N) is 1. The molecule has 0 aliphatic carbocycles. The van der Waals surface area contributed by atoms with Gasteiger partial charge in [-0.25, -0.2) is 12.7 Å². The van der Waals surface area contributed by atoms with E-state index >= 15 is 0 Å².